The molecular weight excluding hydrogens is 188 g/mol. The van der Waals surface area contributed by atoms with Crippen LogP contribution in [-0.2, 0) is 0 Å². The van der Waals surface area contributed by atoms with Crippen LogP contribution in [0.2, 0.25) is 0 Å². The van der Waals surface area contributed by atoms with Crippen LogP contribution >= 0.6 is 0 Å². The summed E-state index contributed by atoms with van der Waals surface area (Å²) in [6, 6.07) is 1.84. The van der Waals surface area contributed by atoms with E-state index in [1.54, 1.807) is 12.4 Å². The van der Waals surface area contributed by atoms with E-state index < -0.39 is 0 Å². The van der Waals surface area contributed by atoms with Gasteiger partial charge in [-0.25, -0.2) is 9.97 Å². The van der Waals surface area contributed by atoms with Crippen molar-refractivity contribution in [1.29, 1.82) is 0 Å². The van der Waals surface area contributed by atoms with Gasteiger partial charge in [0.2, 0.25) is 5.95 Å². The molecule has 1 saturated heterocycles. The Labute approximate surface area is 91.7 Å². The summed E-state index contributed by atoms with van der Waals surface area (Å²) in [6.07, 6.45) is 4.81. The van der Waals surface area contributed by atoms with Crippen molar-refractivity contribution < 1.29 is 0 Å². The van der Waals surface area contributed by atoms with Crippen LogP contribution < -0.4 is 10.2 Å². The number of hydrogen-bond acceptors (Lipinski definition) is 4. The van der Waals surface area contributed by atoms with Gasteiger partial charge in [0, 0.05) is 38.6 Å². The minimum absolute atomic E-state index is 0.846. The summed E-state index contributed by atoms with van der Waals surface area (Å²) in [5, 5.41) is 3.29. The molecule has 0 aliphatic carbocycles. The molecule has 4 heteroatoms. The van der Waals surface area contributed by atoms with Crippen molar-refractivity contribution in [2.75, 3.05) is 31.1 Å². The Morgan fingerprint density at radius 1 is 1.20 bits per heavy atom. The highest BCUT2D eigenvalue weighted by atomic mass is 15.3. The second-order valence-electron chi connectivity index (χ2n) is 3.49. The summed E-state index contributed by atoms with van der Waals surface area (Å²) in [6.45, 7) is 8.31. The average Bonchev–Trinajstić information content (AvgIpc) is 2.32. The van der Waals surface area contributed by atoms with Gasteiger partial charge in [-0.1, -0.05) is 20.3 Å². The second kappa shape index (κ2) is 7.17. The van der Waals surface area contributed by atoms with E-state index in [1.165, 1.54) is 6.42 Å². The third-order valence-corrected chi connectivity index (χ3v) is 1.95. The maximum atomic E-state index is 4.19. The highest BCUT2D eigenvalue weighted by Gasteiger charge is 2.11. The third-order valence-electron chi connectivity index (χ3n) is 1.95. The smallest absolute Gasteiger partial charge is 0.225 e. The lowest BCUT2D eigenvalue weighted by Crippen LogP contribution is -2.44. The zero-order chi connectivity index (χ0) is 10.9. The summed E-state index contributed by atoms with van der Waals surface area (Å²) < 4.78 is 0. The SMILES string of the molecule is CCC.c1cnc(N2CCNCC2)nc1. The number of rotatable bonds is 1. The molecular formula is C11H20N4. The number of nitrogens with zero attached hydrogens (tertiary/aromatic N) is 3. The van der Waals surface area contributed by atoms with Crippen molar-refractivity contribution in [3.63, 3.8) is 0 Å². The molecule has 4 nitrogen and oxygen atoms in total. The Kier molecular flexibility index (Phi) is 5.70. The van der Waals surface area contributed by atoms with Crippen LogP contribution in [0.1, 0.15) is 20.3 Å². The Morgan fingerprint density at radius 3 is 2.27 bits per heavy atom. The summed E-state index contributed by atoms with van der Waals surface area (Å²) in [7, 11) is 0. The zero-order valence-electron chi connectivity index (χ0n) is 9.61. The van der Waals surface area contributed by atoms with Crippen LogP contribution in [0.3, 0.4) is 0 Å². The molecule has 0 radical (unpaired) electrons. The predicted molar refractivity (Wildman–Crippen MR) is 63.1 cm³/mol. The van der Waals surface area contributed by atoms with Crippen LogP contribution in [0.25, 0.3) is 0 Å². The van der Waals surface area contributed by atoms with Crippen LogP contribution in [0.15, 0.2) is 18.5 Å². The highest BCUT2D eigenvalue weighted by molar-refractivity contribution is 5.28. The molecule has 2 heterocycles. The van der Waals surface area contributed by atoms with Crippen LogP contribution in [-0.4, -0.2) is 36.1 Å². The van der Waals surface area contributed by atoms with Crippen molar-refractivity contribution in [2.24, 2.45) is 0 Å². The molecule has 1 aliphatic heterocycles. The number of hydrogen-bond donors (Lipinski definition) is 1. The van der Waals surface area contributed by atoms with Crippen LogP contribution in [0, 0.1) is 0 Å². The lowest BCUT2D eigenvalue weighted by Gasteiger charge is -2.26. The largest absolute Gasteiger partial charge is 0.338 e. The first-order valence-electron chi connectivity index (χ1n) is 5.61. The Bertz CT molecular complexity index is 244. The van der Waals surface area contributed by atoms with Gasteiger partial charge < -0.3 is 10.2 Å². The normalized spacial score (nSPS) is 15.5. The minimum atomic E-state index is 0.846. The fraction of sp³-hybridized carbons (Fsp3) is 0.636. The van der Waals surface area contributed by atoms with Gasteiger partial charge in [0.25, 0.3) is 0 Å². The fourth-order valence-corrected chi connectivity index (χ4v) is 1.32. The number of anilines is 1. The molecule has 0 atom stereocenters. The van der Waals surface area contributed by atoms with Crippen molar-refractivity contribution in [3.8, 4) is 0 Å². The zero-order valence-corrected chi connectivity index (χ0v) is 9.61. The van der Waals surface area contributed by atoms with Gasteiger partial charge in [-0.2, -0.15) is 0 Å². The van der Waals surface area contributed by atoms with Crippen molar-refractivity contribution >= 4 is 5.95 Å². The number of aromatic nitrogens is 2. The molecule has 1 aromatic heterocycles. The van der Waals surface area contributed by atoms with E-state index in [9.17, 15) is 0 Å². The maximum absolute atomic E-state index is 4.19. The van der Waals surface area contributed by atoms with Crippen molar-refractivity contribution in [3.05, 3.63) is 18.5 Å². The van der Waals surface area contributed by atoms with E-state index in [-0.39, 0.29) is 0 Å². The van der Waals surface area contributed by atoms with Crippen LogP contribution in [0.5, 0.6) is 0 Å². The van der Waals surface area contributed by atoms with Crippen molar-refractivity contribution in [1.82, 2.24) is 15.3 Å². The average molecular weight is 208 g/mol. The Hall–Kier alpha value is -1.16. The lowest BCUT2D eigenvalue weighted by atomic mass is 10.4. The van der Waals surface area contributed by atoms with Crippen molar-refractivity contribution in [2.45, 2.75) is 20.3 Å². The first-order chi connectivity index (χ1) is 7.38. The molecule has 2 rings (SSSR count). The first-order valence-corrected chi connectivity index (χ1v) is 5.61. The molecule has 1 fully saturated rings. The molecule has 15 heavy (non-hydrogen) atoms. The molecule has 0 aromatic carbocycles. The molecule has 0 bridgehead atoms. The standard InChI is InChI=1S/C8H12N4.C3H8/c1-2-10-8(11-3-1)12-6-4-9-5-7-12;1-3-2/h1-3,9H,4-7H2;3H2,1-2H3. The Balaban J connectivity index is 0.000000337. The quantitative estimate of drug-likeness (QED) is 0.755. The highest BCUT2D eigenvalue weighted by Crippen LogP contribution is 2.04. The summed E-state index contributed by atoms with van der Waals surface area (Å²) in [4.78, 5) is 10.6. The van der Waals surface area contributed by atoms with Gasteiger partial charge in [-0.3, -0.25) is 0 Å². The second-order valence-corrected chi connectivity index (χ2v) is 3.49. The van der Waals surface area contributed by atoms with Crippen LogP contribution in [0.4, 0.5) is 5.95 Å². The minimum Gasteiger partial charge on any atom is -0.338 e. The van der Waals surface area contributed by atoms with Gasteiger partial charge in [-0.15, -0.1) is 0 Å². The van der Waals surface area contributed by atoms with Gasteiger partial charge >= 0.3 is 0 Å². The molecule has 84 valence electrons. The summed E-state index contributed by atoms with van der Waals surface area (Å²) >= 11 is 0. The first kappa shape index (κ1) is 11.9. The summed E-state index contributed by atoms with van der Waals surface area (Å²) in [5.74, 6) is 0.846. The van der Waals surface area contributed by atoms with Gasteiger partial charge in [0.15, 0.2) is 0 Å². The molecule has 1 aromatic rings. The van der Waals surface area contributed by atoms with E-state index in [2.05, 4.69) is 34.0 Å². The molecule has 1 aliphatic rings. The van der Waals surface area contributed by atoms with E-state index in [4.69, 9.17) is 0 Å². The number of nitrogens with one attached hydrogen (secondary N) is 1. The molecule has 0 spiro atoms. The Morgan fingerprint density at radius 2 is 1.73 bits per heavy atom. The fourth-order valence-electron chi connectivity index (χ4n) is 1.32. The lowest BCUT2D eigenvalue weighted by molar-refractivity contribution is 0.580. The van der Waals surface area contributed by atoms with Gasteiger partial charge in [0.05, 0.1) is 0 Å². The molecule has 1 N–H and O–H groups in total. The van der Waals surface area contributed by atoms with E-state index >= 15 is 0 Å². The maximum Gasteiger partial charge on any atom is 0.225 e. The third kappa shape index (κ3) is 4.25. The monoisotopic (exact) mass is 208 g/mol. The molecule has 0 amide bonds. The topological polar surface area (TPSA) is 41.1 Å². The van der Waals surface area contributed by atoms with E-state index in [0.29, 0.717) is 0 Å². The van der Waals surface area contributed by atoms with E-state index in [1.807, 2.05) is 6.07 Å². The van der Waals surface area contributed by atoms with Gasteiger partial charge in [0.1, 0.15) is 0 Å². The van der Waals surface area contributed by atoms with Gasteiger partial charge in [-0.05, 0) is 6.07 Å². The number of piperazine rings is 1. The molecule has 0 unspecified atom stereocenters. The molecule has 0 saturated carbocycles. The summed E-state index contributed by atoms with van der Waals surface area (Å²) in [5.41, 5.74) is 0. The van der Waals surface area contributed by atoms with E-state index in [0.717, 1.165) is 32.1 Å². The predicted octanol–water partition coefficient (Wildman–Crippen LogP) is 1.30.